The van der Waals surface area contributed by atoms with Crippen molar-refractivity contribution in [2.24, 2.45) is 0 Å². The summed E-state index contributed by atoms with van der Waals surface area (Å²) in [5, 5.41) is 0. The van der Waals surface area contributed by atoms with Gasteiger partial charge in [0, 0.05) is 11.1 Å². The minimum atomic E-state index is 0.272. The Hall–Kier alpha value is -5.10. The molecular weight excluding hydrogens is 632 g/mol. The summed E-state index contributed by atoms with van der Waals surface area (Å²) in [5.41, 5.74) is 2.91. The van der Waals surface area contributed by atoms with Crippen molar-refractivity contribution in [1.29, 1.82) is 0 Å². The first-order chi connectivity index (χ1) is 24.1. The lowest BCUT2D eigenvalue weighted by molar-refractivity contribution is 0.00472. The van der Waals surface area contributed by atoms with Crippen LogP contribution in [-0.4, -0.2) is 79.6 Å². The Balaban J connectivity index is 1.06. The average Bonchev–Trinajstić information content (AvgIpc) is 3.15. The second kappa shape index (κ2) is 21.0. The average molecular weight is 675 g/mol. The van der Waals surface area contributed by atoms with Crippen LogP contribution in [0.15, 0.2) is 84.9 Å². The Morgan fingerprint density at radius 2 is 0.796 bits per heavy atom. The maximum absolute atomic E-state index is 11.3. The van der Waals surface area contributed by atoms with E-state index in [1.807, 2.05) is 48.5 Å². The molecule has 11 nitrogen and oxygen atoms in total. The largest absolute Gasteiger partial charge is 0.497 e. The molecule has 0 spiro atoms. The van der Waals surface area contributed by atoms with Gasteiger partial charge in [0.05, 0.1) is 53.9 Å². The van der Waals surface area contributed by atoms with Gasteiger partial charge in [-0.25, -0.2) is 0 Å². The van der Waals surface area contributed by atoms with E-state index in [1.165, 1.54) is 0 Å². The molecule has 0 aliphatic heterocycles. The molecule has 4 rings (SSSR count). The molecule has 0 heterocycles. The van der Waals surface area contributed by atoms with E-state index in [2.05, 4.69) is 0 Å². The standard InChI is InChI=1S/C38H42O11/c1-41-33-9-3-29(4-10-33)27-48-35-13-7-31(25-39)23-37(35)46-21-19-44-17-15-43-16-18-45-20-22-47-38-24-32(26-40)8-14-36(38)49-28-30-5-11-34(42-2)12-6-30/h3-14,23-26H,15-22,27-28H2,1-2H3. The van der Waals surface area contributed by atoms with Crippen molar-refractivity contribution in [3.63, 3.8) is 0 Å². The predicted octanol–water partition coefficient (Wildman–Crippen LogP) is 5.99. The van der Waals surface area contributed by atoms with Gasteiger partial charge in [-0.2, -0.15) is 0 Å². The predicted molar refractivity (Wildman–Crippen MR) is 182 cm³/mol. The van der Waals surface area contributed by atoms with Gasteiger partial charge in [-0.15, -0.1) is 0 Å². The molecule has 4 aromatic carbocycles. The highest BCUT2D eigenvalue weighted by molar-refractivity contribution is 5.77. The van der Waals surface area contributed by atoms with Crippen molar-refractivity contribution in [3.05, 3.63) is 107 Å². The van der Waals surface area contributed by atoms with Crippen molar-refractivity contribution in [1.82, 2.24) is 0 Å². The molecule has 0 aliphatic rings. The maximum atomic E-state index is 11.3. The summed E-state index contributed by atoms with van der Waals surface area (Å²) in [6.45, 7) is 3.43. The highest BCUT2D eigenvalue weighted by atomic mass is 16.6. The quantitative estimate of drug-likeness (QED) is 0.0644. The van der Waals surface area contributed by atoms with Crippen LogP contribution in [0.5, 0.6) is 34.5 Å². The van der Waals surface area contributed by atoms with Crippen LogP contribution in [-0.2, 0) is 27.4 Å². The van der Waals surface area contributed by atoms with Crippen molar-refractivity contribution in [2.45, 2.75) is 13.2 Å². The molecular formula is C38H42O11. The second-order valence-corrected chi connectivity index (χ2v) is 10.5. The van der Waals surface area contributed by atoms with Gasteiger partial charge in [0.15, 0.2) is 23.0 Å². The summed E-state index contributed by atoms with van der Waals surface area (Å²) < 4.78 is 50.8. The van der Waals surface area contributed by atoms with E-state index >= 15 is 0 Å². The van der Waals surface area contributed by atoms with Crippen LogP contribution in [0.2, 0.25) is 0 Å². The highest BCUT2D eigenvalue weighted by Gasteiger charge is 2.10. The zero-order valence-electron chi connectivity index (χ0n) is 27.8. The normalized spacial score (nSPS) is 10.7. The third kappa shape index (κ3) is 12.8. The van der Waals surface area contributed by atoms with Gasteiger partial charge < -0.3 is 42.6 Å². The molecule has 0 fully saturated rings. The van der Waals surface area contributed by atoms with Crippen molar-refractivity contribution in [3.8, 4) is 34.5 Å². The van der Waals surface area contributed by atoms with Crippen molar-refractivity contribution in [2.75, 3.05) is 67.1 Å². The molecule has 11 heteroatoms. The minimum Gasteiger partial charge on any atom is -0.497 e. The third-order valence-electron chi connectivity index (χ3n) is 7.03. The number of carbonyl (C=O) groups excluding carboxylic acids is 2. The summed E-state index contributed by atoms with van der Waals surface area (Å²) in [6.07, 6.45) is 1.52. The molecule has 0 amide bonds. The number of aldehydes is 2. The fourth-order valence-corrected chi connectivity index (χ4v) is 4.39. The Morgan fingerprint density at radius 3 is 1.14 bits per heavy atom. The van der Waals surface area contributed by atoms with Crippen molar-refractivity contribution < 1.29 is 52.2 Å². The van der Waals surface area contributed by atoms with Gasteiger partial charge in [0.2, 0.25) is 0 Å². The fourth-order valence-electron chi connectivity index (χ4n) is 4.39. The SMILES string of the molecule is COc1ccc(COc2ccc(C=O)cc2OCCOCCOCCOCCOc2cc(C=O)ccc2OCc2ccc(OC)cc2)cc1. The number of ether oxygens (including phenoxy) is 9. The van der Waals surface area contributed by atoms with E-state index in [0.29, 0.717) is 87.0 Å². The van der Waals surface area contributed by atoms with Crippen LogP contribution >= 0.6 is 0 Å². The first-order valence-electron chi connectivity index (χ1n) is 15.8. The molecule has 4 aromatic rings. The topological polar surface area (TPSA) is 117 Å². The van der Waals surface area contributed by atoms with Crippen LogP contribution in [0, 0.1) is 0 Å². The van der Waals surface area contributed by atoms with Gasteiger partial charge in [-0.3, -0.25) is 9.59 Å². The summed E-state index contributed by atoms with van der Waals surface area (Å²) in [5.74, 6) is 3.53. The summed E-state index contributed by atoms with van der Waals surface area (Å²) in [6, 6.07) is 25.2. The number of benzene rings is 4. The zero-order chi connectivity index (χ0) is 34.5. The lowest BCUT2D eigenvalue weighted by atomic mass is 10.2. The Labute approximate surface area is 286 Å². The van der Waals surface area contributed by atoms with Gasteiger partial charge in [0.25, 0.3) is 0 Å². The third-order valence-corrected chi connectivity index (χ3v) is 7.03. The zero-order valence-corrected chi connectivity index (χ0v) is 27.8. The molecule has 0 bridgehead atoms. The van der Waals surface area contributed by atoms with Gasteiger partial charge in [-0.05, 0) is 71.8 Å². The number of rotatable bonds is 24. The van der Waals surface area contributed by atoms with E-state index in [0.717, 1.165) is 35.2 Å². The van der Waals surface area contributed by atoms with Crippen LogP contribution in [0.4, 0.5) is 0 Å². The molecule has 0 unspecified atom stereocenters. The summed E-state index contributed by atoms with van der Waals surface area (Å²) in [7, 11) is 3.24. The van der Waals surface area contributed by atoms with E-state index < -0.39 is 0 Å². The van der Waals surface area contributed by atoms with E-state index in [-0.39, 0.29) is 13.2 Å². The lowest BCUT2D eigenvalue weighted by Gasteiger charge is -2.14. The minimum absolute atomic E-state index is 0.272. The highest BCUT2D eigenvalue weighted by Crippen LogP contribution is 2.30. The smallest absolute Gasteiger partial charge is 0.162 e. The van der Waals surface area contributed by atoms with Crippen LogP contribution in [0.25, 0.3) is 0 Å². The first-order valence-corrected chi connectivity index (χ1v) is 15.8. The van der Waals surface area contributed by atoms with Crippen LogP contribution in [0.3, 0.4) is 0 Å². The van der Waals surface area contributed by atoms with E-state index in [4.69, 9.17) is 42.6 Å². The molecule has 260 valence electrons. The van der Waals surface area contributed by atoms with Crippen LogP contribution < -0.4 is 28.4 Å². The monoisotopic (exact) mass is 674 g/mol. The molecule has 0 N–H and O–H groups in total. The fraction of sp³-hybridized carbons (Fsp3) is 0.316. The second-order valence-electron chi connectivity index (χ2n) is 10.5. The Morgan fingerprint density at radius 1 is 0.429 bits per heavy atom. The molecule has 0 atom stereocenters. The van der Waals surface area contributed by atoms with Crippen molar-refractivity contribution >= 4 is 12.6 Å². The summed E-state index contributed by atoms with van der Waals surface area (Å²) >= 11 is 0. The molecule has 0 saturated heterocycles. The first kappa shape index (κ1) is 36.7. The number of hydrogen-bond donors (Lipinski definition) is 0. The van der Waals surface area contributed by atoms with Gasteiger partial charge >= 0.3 is 0 Å². The number of carbonyl (C=O) groups is 2. The molecule has 0 saturated carbocycles. The number of methoxy groups -OCH3 is 2. The number of hydrogen-bond acceptors (Lipinski definition) is 11. The summed E-state index contributed by atoms with van der Waals surface area (Å²) in [4.78, 5) is 22.6. The Bertz CT molecular complexity index is 1440. The van der Waals surface area contributed by atoms with Gasteiger partial charge in [0.1, 0.15) is 50.5 Å². The van der Waals surface area contributed by atoms with E-state index in [1.54, 1.807) is 50.6 Å². The van der Waals surface area contributed by atoms with E-state index in [9.17, 15) is 9.59 Å². The molecule has 0 radical (unpaired) electrons. The molecule has 0 aromatic heterocycles. The van der Waals surface area contributed by atoms with Crippen LogP contribution in [0.1, 0.15) is 31.8 Å². The molecule has 49 heavy (non-hydrogen) atoms. The lowest BCUT2D eigenvalue weighted by Crippen LogP contribution is -2.14. The maximum Gasteiger partial charge on any atom is 0.162 e. The van der Waals surface area contributed by atoms with Gasteiger partial charge in [-0.1, -0.05) is 24.3 Å². The molecule has 0 aliphatic carbocycles. The Kier molecular flexibility index (Phi) is 15.7.